The first-order valence-corrected chi connectivity index (χ1v) is 12.2. The SMILES string of the molecule is CC(C)NC(=O)c1sc2ccccc2c1C1CCN(S(=O)(=O)N2CCCC2)C1. The number of nitrogens with one attached hydrogen (secondary N) is 1. The van der Waals surface area contributed by atoms with E-state index in [9.17, 15) is 13.2 Å². The lowest BCUT2D eigenvalue weighted by atomic mass is 9.95. The predicted octanol–water partition coefficient (Wildman–Crippen LogP) is 3.17. The number of carbonyl (C=O) groups excluding carboxylic acids is 1. The molecule has 2 aliphatic rings. The zero-order chi connectivity index (χ0) is 19.9. The van der Waals surface area contributed by atoms with Crippen molar-refractivity contribution in [3.63, 3.8) is 0 Å². The van der Waals surface area contributed by atoms with Gasteiger partial charge in [-0.1, -0.05) is 18.2 Å². The average molecular weight is 422 g/mol. The summed E-state index contributed by atoms with van der Waals surface area (Å²) in [6.07, 6.45) is 2.62. The number of benzene rings is 1. The Bertz CT molecular complexity index is 978. The minimum absolute atomic E-state index is 0.0430. The minimum Gasteiger partial charge on any atom is -0.349 e. The molecule has 6 nitrogen and oxygen atoms in total. The van der Waals surface area contributed by atoms with E-state index in [1.54, 1.807) is 8.61 Å². The van der Waals surface area contributed by atoms with Crippen molar-refractivity contribution in [2.24, 2.45) is 0 Å². The van der Waals surface area contributed by atoms with Crippen LogP contribution in [0.2, 0.25) is 0 Å². The van der Waals surface area contributed by atoms with Gasteiger partial charge in [0.1, 0.15) is 0 Å². The van der Waals surface area contributed by atoms with Gasteiger partial charge in [-0.05, 0) is 50.1 Å². The molecule has 3 heterocycles. The van der Waals surface area contributed by atoms with E-state index >= 15 is 0 Å². The minimum atomic E-state index is -3.40. The van der Waals surface area contributed by atoms with Crippen molar-refractivity contribution in [1.82, 2.24) is 13.9 Å². The summed E-state index contributed by atoms with van der Waals surface area (Å²) in [5, 5.41) is 4.08. The lowest BCUT2D eigenvalue weighted by Gasteiger charge is -2.23. The fourth-order valence-electron chi connectivity index (χ4n) is 4.22. The number of hydrogen-bond donors (Lipinski definition) is 1. The Balaban J connectivity index is 1.66. The number of rotatable bonds is 5. The van der Waals surface area contributed by atoms with Crippen molar-refractivity contribution in [3.05, 3.63) is 34.7 Å². The van der Waals surface area contributed by atoms with E-state index in [1.807, 2.05) is 38.1 Å². The molecule has 0 bridgehead atoms. The maximum Gasteiger partial charge on any atom is 0.281 e. The summed E-state index contributed by atoms with van der Waals surface area (Å²) >= 11 is 1.50. The lowest BCUT2D eigenvalue weighted by molar-refractivity contribution is 0.0946. The summed E-state index contributed by atoms with van der Waals surface area (Å²) < 4.78 is 30.2. The molecule has 1 aromatic carbocycles. The molecule has 1 aromatic heterocycles. The Hall–Kier alpha value is -1.48. The van der Waals surface area contributed by atoms with Crippen molar-refractivity contribution < 1.29 is 13.2 Å². The zero-order valence-corrected chi connectivity index (χ0v) is 18.0. The van der Waals surface area contributed by atoms with E-state index in [-0.39, 0.29) is 17.9 Å². The fraction of sp³-hybridized carbons (Fsp3) is 0.550. The van der Waals surface area contributed by atoms with Crippen LogP contribution in [0, 0.1) is 0 Å². The van der Waals surface area contributed by atoms with Crippen molar-refractivity contribution in [1.29, 1.82) is 0 Å². The molecule has 1 N–H and O–H groups in total. The van der Waals surface area contributed by atoms with Crippen LogP contribution in [0.1, 0.15) is 54.3 Å². The number of nitrogens with zero attached hydrogens (tertiary/aromatic N) is 2. The molecule has 8 heteroatoms. The quantitative estimate of drug-likeness (QED) is 0.806. The van der Waals surface area contributed by atoms with E-state index in [2.05, 4.69) is 5.32 Å². The highest BCUT2D eigenvalue weighted by molar-refractivity contribution is 7.86. The van der Waals surface area contributed by atoms with Crippen LogP contribution in [-0.4, -0.2) is 55.2 Å². The van der Waals surface area contributed by atoms with Gasteiger partial charge in [0.25, 0.3) is 16.1 Å². The van der Waals surface area contributed by atoms with E-state index in [1.165, 1.54) is 11.3 Å². The Morgan fingerprint density at radius 3 is 2.57 bits per heavy atom. The number of carbonyl (C=O) groups is 1. The Morgan fingerprint density at radius 1 is 1.14 bits per heavy atom. The predicted molar refractivity (Wildman–Crippen MR) is 113 cm³/mol. The second-order valence-corrected chi connectivity index (χ2v) is 10.9. The second-order valence-electron chi connectivity index (χ2n) is 7.93. The van der Waals surface area contributed by atoms with Crippen LogP contribution in [0.15, 0.2) is 24.3 Å². The molecule has 4 rings (SSSR count). The van der Waals surface area contributed by atoms with Gasteiger partial charge in [-0.15, -0.1) is 11.3 Å². The number of amides is 1. The summed E-state index contributed by atoms with van der Waals surface area (Å²) in [4.78, 5) is 13.6. The summed E-state index contributed by atoms with van der Waals surface area (Å²) in [5.41, 5.74) is 1.01. The molecule has 1 atom stereocenters. The van der Waals surface area contributed by atoms with Crippen molar-refractivity contribution in [2.45, 2.75) is 45.1 Å². The van der Waals surface area contributed by atoms with Crippen molar-refractivity contribution in [3.8, 4) is 0 Å². The van der Waals surface area contributed by atoms with Crippen LogP contribution in [0.3, 0.4) is 0 Å². The smallest absolute Gasteiger partial charge is 0.281 e. The van der Waals surface area contributed by atoms with Gasteiger partial charge < -0.3 is 5.32 Å². The van der Waals surface area contributed by atoms with Gasteiger partial charge in [0, 0.05) is 42.8 Å². The van der Waals surface area contributed by atoms with Gasteiger partial charge in [-0.25, -0.2) is 0 Å². The molecule has 1 unspecified atom stereocenters. The monoisotopic (exact) mass is 421 g/mol. The molecule has 0 spiro atoms. The van der Waals surface area contributed by atoms with Crippen LogP contribution in [0.4, 0.5) is 0 Å². The van der Waals surface area contributed by atoms with Gasteiger partial charge in [0.05, 0.1) is 4.88 Å². The standard InChI is InChI=1S/C20H27N3O3S2/c1-14(2)21-20(24)19-18(16-7-3-4-8-17(16)27-19)15-9-12-23(13-15)28(25,26)22-10-5-6-11-22/h3-4,7-8,14-15H,5-6,9-13H2,1-2H3,(H,21,24). The first-order chi connectivity index (χ1) is 13.4. The zero-order valence-electron chi connectivity index (χ0n) is 16.3. The molecule has 0 radical (unpaired) electrons. The molecule has 2 aliphatic heterocycles. The van der Waals surface area contributed by atoms with Gasteiger partial charge in [0.15, 0.2) is 0 Å². The maximum absolute atomic E-state index is 13.0. The van der Waals surface area contributed by atoms with Crippen molar-refractivity contribution in [2.75, 3.05) is 26.2 Å². The van der Waals surface area contributed by atoms with Crippen LogP contribution in [0.5, 0.6) is 0 Å². The summed E-state index contributed by atoms with van der Waals surface area (Å²) in [6.45, 7) is 6.09. The maximum atomic E-state index is 13.0. The first-order valence-electron chi connectivity index (χ1n) is 9.95. The van der Waals surface area contributed by atoms with E-state index < -0.39 is 10.2 Å². The Kier molecular flexibility index (Phi) is 5.48. The molecule has 28 heavy (non-hydrogen) atoms. The number of thiophene rings is 1. The van der Waals surface area contributed by atoms with Gasteiger partial charge >= 0.3 is 0 Å². The molecule has 2 saturated heterocycles. The molecule has 0 saturated carbocycles. The average Bonchev–Trinajstić information content (AvgIpc) is 3.38. The van der Waals surface area contributed by atoms with Crippen LogP contribution < -0.4 is 5.32 Å². The molecule has 152 valence electrons. The Labute approximate surface area is 170 Å². The van der Waals surface area contributed by atoms with E-state index in [4.69, 9.17) is 0 Å². The highest BCUT2D eigenvalue weighted by atomic mass is 32.2. The van der Waals surface area contributed by atoms with Gasteiger partial charge in [-0.2, -0.15) is 17.0 Å². The highest BCUT2D eigenvalue weighted by Crippen LogP contribution is 2.41. The fourth-order valence-corrected chi connectivity index (χ4v) is 7.17. The molecule has 2 fully saturated rings. The van der Waals surface area contributed by atoms with Crippen LogP contribution >= 0.6 is 11.3 Å². The van der Waals surface area contributed by atoms with Crippen LogP contribution in [-0.2, 0) is 10.2 Å². The summed E-state index contributed by atoms with van der Waals surface area (Å²) in [5.74, 6) is -0.0199. The largest absolute Gasteiger partial charge is 0.349 e. The first kappa shape index (κ1) is 19.8. The summed E-state index contributed by atoms with van der Waals surface area (Å²) in [7, 11) is -3.40. The third-order valence-corrected chi connectivity index (χ3v) is 8.72. The van der Waals surface area contributed by atoms with Crippen molar-refractivity contribution >= 4 is 37.5 Å². The Morgan fingerprint density at radius 2 is 1.86 bits per heavy atom. The molecule has 1 amide bonds. The topological polar surface area (TPSA) is 69.7 Å². The second kappa shape index (κ2) is 7.74. The van der Waals surface area contributed by atoms with E-state index in [0.29, 0.717) is 26.2 Å². The van der Waals surface area contributed by atoms with Gasteiger partial charge in [-0.3, -0.25) is 4.79 Å². The highest BCUT2D eigenvalue weighted by Gasteiger charge is 2.39. The van der Waals surface area contributed by atoms with E-state index in [0.717, 1.165) is 39.8 Å². The molecule has 0 aliphatic carbocycles. The molecular weight excluding hydrogens is 394 g/mol. The summed E-state index contributed by atoms with van der Waals surface area (Å²) in [6, 6.07) is 8.09. The van der Waals surface area contributed by atoms with Gasteiger partial charge in [0.2, 0.25) is 0 Å². The molecule has 2 aromatic rings. The number of hydrogen-bond acceptors (Lipinski definition) is 4. The normalized spacial score (nSPS) is 21.8. The van der Waals surface area contributed by atoms with Crippen LogP contribution in [0.25, 0.3) is 10.1 Å². The number of fused-ring (bicyclic) bond motifs is 1. The molecular formula is C20H27N3O3S2. The lowest BCUT2D eigenvalue weighted by Crippen LogP contribution is -2.41. The third-order valence-electron chi connectivity index (χ3n) is 5.54. The third kappa shape index (κ3) is 3.58.